The molecule has 21 heavy (non-hydrogen) atoms. The number of ether oxygens (including phenoxy) is 2. The Hall–Kier alpha value is -1.95. The van der Waals surface area contributed by atoms with Gasteiger partial charge in [-0.3, -0.25) is 0 Å². The maximum atomic E-state index is 11.9. The highest BCUT2D eigenvalue weighted by atomic mass is 32.1. The number of carbonyl (C=O) groups excluding carboxylic acids is 1. The molecular formula is C15H18N2O3S. The first kappa shape index (κ1) is 15.4. The van der Waals surface area contributed by atoms with Gasteiger partial charge in [-0.25, -0.2) is 8.88 Å². The molecule has 0 unspecified atom stereocenters. The van der Waals surface area contributed by atoms with Crippen molar-refractivity contribution in [3.05, 3.63) is 47.2 Å². The number of carbonyl (C=O) groups is 1. The van der Waals surface area contributed by atoms with E-state index in [0.29, 0.717) is 11.4 Å². The van der Waals surface area contributed by atoms with Gasteiger partial charge in [-0.2, -0.15) is 0 Å². The smallest absolute Gasteiger partial charge is 0.338 e. The van der Waals surface area contributed by atoms with Gasteiger partial charge in [0.05, 0.1) is 12.7 Å². The van der Waals surface area contributed by atoms with E-state index in [1.807, 2.05) is 12.1 Å². The molecule has 1 aromatic carbocycles. The van der Waals surface area contributed by atoms with Crippen molar-refractivity contribution < 1.29 is 14.3 Å². The Morgan fingerprint density at radius 1 is 1.38 bits per heavy atom. The van der Waals surface area contributed by atoms with Crippen LogP contribution in [0.25, 0.3) is 0 Å². The molecule has 0 amide bonds. The Morgan fingerprint density at radius 2 is 2.14 bits per heavy atom. The van der Waals surface area contributed by atoms with E-state index in [1.165, 1.54) is 11.2 Å². The SMILES string of the molecule is COC(=O)c1cccc(C(C)C)c1COc1ccn(S)n1. The molecule has 6 heteroatoms. The summed E-state index contributed by atoms with van der Waals surface area (Å²) in [4.78, 5) is 11.9. The molecule has 0 aliphatic rings. The fourth-order valence-corrected chi connectivity index (χ4v) is 2.28. The molecule has 1 aromatic heterocycles. The maximum Gasteiger partial charge on any atom is 0.338 e. The lowest BCUT2D eigenvalue weighted by Gasteiger charge is -2.16. The predicted octanol–water partition coefficient (Wildman–Crippen LogP) is 3.07. The van der Waals surface area contributed by atoms with Gasteiger partial charge in [-0.1, -0.05) is 26.0 Å². The predicted molar refractivity (Wildman–Crippen MR) is 82.8 cm³/mol. The van der Waals surface area contributed by atoms with Crippen LogP contribution in [0.4, 0.5) is 0 Å². The van der Waals surface area contributed by atoms with Crippen LogP contribution in [-0.2, 0) is 11.3 Å². The second-order valence-electron chi connectivity index (χ2n) is 4.88. The molecule has 0 aliphatic heterocycles. The first-order valence-corrected chi connectivity index (χ1v) is 7.00. The Kier molecular flexibility index (Phi) is 4.90. The summed E-state index contributed by atoms with van der Waals surface area (Å²) < 4.78 is 11.9. The highest BCUT2D eigenvalue weighted by molar-refractivity contribution is 7.78. The van der Waals surface area contributed by atoms with E-state index < -0.39 is 0 Å². The molecule has 2 rings (SSSR count). The highest BCUT2D eigenvalue weighted by Crippen LogP contribution is 2.25. The van der Waals surface area contributed by atoms with Gasteiger partial charge in [0.15, 0.2) is 0 Å². The Morgan fingerprint density at radius 3 is 2.71 bits per heavy atom. The molecule has 0 aliphatic carbocycles. The first-order chi connectivity index (χ1) is 10.0. The Balaban J connectivity index is 2.32. The van der Waals surface area contributed by atoms with Crippen molar-refractivity contribution in [2.75, 3.05) is 7.11 Å². The summed E-state index contributed by atoms with van der Waals surface area (Å²) >= 11 is 4.06. The monoisotopic (exact) mass is 306 g/mol. The average molecular weight is 306 g/mol. The van der Waals surface area contributed by atoms with Crippen LogP contribution in [0.5, 0.6) is 5.88 Å². The van der Waals surface area contributed by atoms with Gasteiger partial charge in [-0.05, 0) is 30.4 Å². The van der Waals surface area contributed by atoms with Gasteiger partial charge in [0.1, 0.15) is 6.61 Å². The van der Waals surface area contributed by atoms with Crippen molar-refractivity contribution in [2.45, 2.75) is 26.4 Å². The summed E-state index contributed by atoms with van der Waals surface area (Å²) in [7, 11) is 1.37. The first-order valence-electron chi connectivity index (χ1n) is 6.60. The summed E-state index contributed by atoms with van der Waals surface area (Å²) in [6.45, 7) is 4.40. The number of benzene rings is 1. The number of aromatic nitrogens is 2. The third-order valence-corrected chi connectivity index (χ3v) is 3.38. The number of hydrogen-bond acceptors (Lipinski definition) is 5. The zero-order valence-electron chi connectivity index (χ0n) is 12.2. The van der Waals surface area contributed by atoms with E-state index in [9.17, 15) is 4.79 Å². The summed E-state index contributed by atoms with van der Waals surface area (Å²) in [5.74, 6) is 0.367. The number of methoxy groups -OCH3 is 1. The van der Waals surface area contributed by atoms with Crippen LogP contribution in [-0.4, -0.2) is 22.3 Å². The second-order valence-corrected chi connectivity index (χ2v) is 5.29. The van der Waals surface area contributed by atoms with Crippen LogP contribution in [0.15, 0.2) is 30.5 Å². The molecule has 0 atom stereocenters. The van der Waals surface area contributed by atoms with Gasteiger partial charge in [0, 0.05) is 17.8 Å². The number of esters is 1. The molecule has 0 spiro atoms. The minimum Gasteiger partial charge on any atom is -0.472 e. The minimum atomic E-state index is -0.365. The second kappa shape index (κ2) is 6.67. The summed E-state index contributed by atoms with van der Waals surface area (Å²) in [5, 5.41) is 4.04. The lowest BCUT2D eigenvalue weighted by Crippen LogP contribution is -2.11. The number of thiol groups is 1. The van der Waals surface area contributed by atoms with E-state index in [2.05, 4.69) is 31.8 Å². The van der Waals surface area contributed by atoms with E-state index in [0.717, 1.165) is 11.1 Å². The maximum absolute atomic E-state index is 11.9. The number of hydrogen-bond donors (Lipinski definition) is 1. The quantitative estimate of drug-likeness (QED) is 0.681. The average Bonchev–Trinajstić information content (AvgIpc) is 2.89. The van der Waals surface area contributed by atoms with E-state index in [-0.39, 0.29) is 18.5 Å². The minimum absolute atomic E-state index is 0.254. The molecule has 1 heterocycles. The van der Waals surface area contributed by atoms with Crippen LogP contribution in [0.3, 0.4) is 0 Å². The zero-order chi connectivity index (χ0) is 15.4. The molecule has 0 fully saturated rings. The Bertz CT molecular complexity index is 638. The fourth-order valence-electron chi connectivity index (χ4n) is 2.13. The molecule has 0 bridgehead atoms. The van der Waals surface area contributed by atoms with Gasteiger partial charge in [0.2, 0.25) is 5.88 Å². The van der Waals surface area contributed by atoms with Crippen LogP contribution >= 0.6 is 12.8 Å². The van der Waals surface area contributed by atoms with Crippen molar-refractivity contribution in [2.24, 2.45) is 0 Å². The molecule has 5 nitrogen and oxygen atoms in total. The lowest BCUT2D eigenvalue weighted by atomic mass is 9.93. The van der Waals surface area contributed by atoms with Crippen molar-refractivity contribution >= 4 is 18.8 Å². The molecule has 0 N–H and O–H groups in total. The van der Waals surface area contributed by atoms with Gasteiger partial charge in [-0.15, -0.1) is 5.10 Å². The zero-order valence-corrected chi connectivity index (χ0v) is 13.1. The highest BCUT2D eigenvalue weighted by Gasteiger charge is 2.17. The molecule has 0 radical (unpaired) electrons. The van der Waals surface area contributed by atoms with Crippen LogP contribution in [0.1, 0.15) is 41.3 Å². The summed E-state index contributed by atoms with van der Waals surface area (Å²) in [6, 6.07) is 7.30. The van der Waals surface area contributed by atoms with E-state index in [1.54, 1.807) is 18.3 Å². The third kappa shape index (κ3) is 3.58. The van der Waals surface area contributed by atoms with Crippen molar-refractivity contribution in [3.63, 3.8) is 0 Å². The van der Waals surface area contributed by atoms with Crippen molar-refractivity contribution in [1.29, 1.82) is 0 Å². The number of rotatable bonds is 5. The molecule has 2 aromatic rings. The molecule has 0 saturated heterocycles. The molecular weight excluding hydrogens is 288 g/mol. The fraction of sp³-hybridized carbons (Fsp3) is 0.333. The molecule has 0 saturated carbocycles. The van der Waals surface area contributed by atoms with Gasteiger partial charge < -0.3 is 9.47 Å². The summed E-state index contributed by atoms with van der Waals surface area (Å²) in [6.07, 6.45) is 1.67. The lowest BCUT2D eigenvalue weighted by molar-refractivity contribution is 0.0597. The standard InChI is InChI=1S/C15H18N2O3S/c1-10(2)11-5-4-6-12(15(18)19-3)13(11)9-20-14-7-8-17(21)16-14/h4-8,10,21H,9H2,1-3H3. The van der Waals surface area contributed by atoms with E-state index in [4.69, 9.17) is 9.47 Å². The van der Waals surface area contributed by atoms with Crippen molar-refractivity contribution in [3.8, 4) is 5.88 Å². The van der Waals surface area contributed by atoms with Crippen LogP contribution in [0.2, 0.25) is 0 Å². The van der Waals surface area contributed by atoms with Gasteiger partial charge >= 0.3 is 5.97 Å². The van der Waals surface area contributed by atoms with Crippen LogP contribution < -0.4 is 4.74 Å². The topological polar surface area (TPSA) is 53.4 Å². The Labute approximate surface area is 129 Å². The van der Waals surface area contributed by atoms with Gasteiger partial charge in [0.25, 0.3) is 0 Å². The molecule has 112 valence electrons. The largest absolute Gasteiger partial charge is 0.472 e. The van der Waals surface area contributed by atoms with Crippen molar-refractivity contribution in [1.82, 2.24) is 9.19 Å². The third-order valence-electron chi connectivity index (χ3n) is 3.16. The normalized spacial score (nSPS) is 10.7. The number of nitrogens with zero attached hydrogens (tertiary/aromatic N) is 2. The van der Waals surface area contributed by atoms with E-state index >= 15 is 0 Å². The summed E-state index contributed by atoms with van der Waals surface area (Å²) in [5.41, 5.74) is 2.41. The van der Waals surface area contributed by atoms with Crippen LogP contribution in [0, 0.1) is 0 Å².